The third-order valence-corrected chi connectivity index (χ3v) is 4.65. The van der Waals surface area contributed by atoms with Crippen molar-refractivity contribution in [1.29, 1.82) is 0 Å². The topological polar surface area (TPSA) is 66.6 Å². The van der Waals surface area contributed by atoms with Crippen LogP contribution in [-0.4, -0.2) is 35.2 Å². The van der Waals surface area contributed by atoms with Crippen LogP contribution in [0.5, 0.6) is 0 Å². The van der Waals surface area contributed by atoms with Crippen LogP contribution >= 0.6 is 11.8 Å². The van der Waals surface area contributed by atoms with Gasteiger partial charge in [0.05, 0.1) is 16.9 Å². The quantitative estimate of drug-likeness (QED) is 0.835. The van der Waals surface area contributed by atoms with Crippen LogP contribution in [0.1, 0.15) is 23.7 Å². The van der Waals surface area contributed by atoms with Crippen LogP contribution in [0, 0.1) is 5.82 Å². The highest BCUT2D eigenvalue weighted by Gasteiger charge is 2.22. The predicted molar refractivity (Wildman–Crippen MR) is 76.5 cm³/mol. The van der Waals surface area contributed by atoms with Crippen LogP contribution in [-0.2, 0) is 0 Å². The minimum absolute atomic E-state index is 0.320. The average Bonchev–Trinajstić information content (AvgIpc) is 2.40. The molecular formula is C13H17FN2O2S. The van der Waals surface area contributed by atoms with E-state index in [1.807, 2.05) is 16.7 Å². The highest BCUT2D eigenvalue weighted by Crippen LogP contribution is 2.31. The number of thioether (sulfide) groups is 1. The lowest BCUT2D eigenvalue weighted by Crippen LogP contribution is -2.38. The molecule has 0 aromatic heterocycles. The second-order valence-electron chi connectivity index (χ2n) is 4.54. The van der Waals surface area contributed by atoms with E-state index in [1.54, 1.807) is 0 Å². The van der Waals surface area contributed by atoms with E-state index in [4.69, 9.17) is 10.8 Å². The van der Waals surface area contributed by atoms with Gasteiger partial charge in [0, 0.05) is 30.2 Å². The van der Waals surface area contributed by atoms with Crippen molar-refractivity contribution in [2.75, 3.05) is 29.5 Å². The van der Waals surface area contributed by atoms with E-state index in [0.717, 1.165) is 25.3 Å². The molecule has 1 aliphatic rings. The van der Waals surface area contributed by atoms with Crippen molar-refractivity contribution >= 4 is 29.1 Å². The predicted octanol–water partition coefficient (Wildman–Crippen LogP) is 2.44. The van der Waals surface area contributed by atoms with Gasteiger partial charge < -0.3 is 15.7 Å². The molecule has 1 saturated heterocycles. The van der Waals surface area contributed by atoms with E-state index in [2.05, 4.69) is 6.92 Å². The SMILES string of the molecule is CCC1CN(c2cc(F)c(C(=O)O)cc2N)CCS1. The zero-order valence-corrected chi connectivity index (χ0v) is 11.5. The first-order valence-electron chi connectivity index (χ1n) is 6.21. The van der Waals surface area contributed by atoms with Crippen LogP contribution in [0.3, 0.4) is 0 Å². The monoisotopic (exact) mass is 284 g/mol. The number of hydrogen-bond donors (Lipinski definition) is 2. The summed E-state index contributed by atoms with van der Waals surface area (Å²) in [6, 6.07) is 2.44. The second kappa shape index (κ2) is 5.69. The van der Waals surface area contributed by atoms with Gasteiger partial charge in [-0.3, -0.25) is 0 Å². The molecule has 19 heavy (non-hydrogen) atoms. The number of anilines is 2. The number of nitrogens with two attached hydrogens (primary N) is 1. The van der Waals surface area contributed by atoms with E-state index in [-0.39, 0.29) is 5.56 Å². The number of carboxylic acid groups (broad SMARTS) is 1. The fourth-order valence-corrected chi connectivity index (χ4v) is 3.38. The minimum Gasteiger partial charge on any atom is -0.478 e. The summed E-state index contributed by atoms with van der Waals surface area (Å²) in [5.41, 5.74) is 6.41. The third kappa shape index (κ3) is 2.94. The molecule has 0 radical (unpaired) electrons. The number of rotatable bonds is 3. The highest BCUT2D eigenvalue weighted by atomic mass is 32.2. The lowest BCUT2D eigenvalue weighted by molar-refractivity contribution is 0.0692. The van der Waals surface area contributed by atoms with Crippen molar-refractivity contribution in [3.05, 3.63) is 23.5 Å². The Balaban J connectivity index is 2.30. The second-order valence-corrected chi connectivity index (χ2v) is 5.95. The average molecular weight is 284 g/mol. The van der Waals surface area contributed by atoms with Gasteiger partial charge in [-0.25, -0.2) is 9.18 Å². The zero-order valence-electron chi connectivity index (χ0n) is 10.7. The van der Waals surface area contributed by atoms with Crippen LogP contribution in [0.4, 0.5) is 15.8 Å². The number of carbonyl (C=O) groups is 1. The standard InChI is InChI=1S/C13H17FN2O2S/c1-2-8-7-16(3-4-19-8)12-6-10(14)9(13(17)18)5-11(12)15/h5-6,8H,2-4,7,15H2,1H3,(H,17,18). The Kier molecular flexibility index (Phi) is 4.19. The summed E-state index contributed by atoms with van der Waals surface area (Å²) in [5, 5.41) is 9.37. The van der Waals surface area contributed by atoms with Crippen LogP contribution in [0.2, 0.25) is 0 Å². The van der Waals surface area contributed by atoms with Crippen LogP contribution < -0.4 is 10.6 Å². The molecular weight excluding hydrogens is 267 g/mol. The molecule has 0 amide bonds. The molecule has 1 aromatic rings. The molecule has 0 aliphatic carbocycles. The van der Waals surface area contributed by atoms with Crippen molar-refractivity contribution in [2.24, 2.45) is 0 Å². The maximum Gasteiger partial charge on any atom is 0.338 e. The Morgan fingerprint density at radius 2 is 2.37 bits per heavy atom. The maximum absolute atomic E-state index is 13.7. The molecule has 6 heteroatoms. The van der Waals surface area contributed by atoms with Gasteiger partial charge in [-0.05, 0) is 12.5 Å². The Bertz CT molecular complexity index is 496. The van der Waals surface area contributed by atoms with Crippen LogP contribution in [0.25, 0.3) is 0 Å². The lowest BCUT2D eigenvalue weighted by atomic mass is 10.1. The Labute approximate surface area is 115 Å². The number of benzene rings is 1. The van der Waals surface area contributed by atoms with Gasteiger partial charge in [-0.15, -0.1) is 0 Å². The molecule has 2 rings (SSSR count). The molecule has 1 aliphatic heterocycles. The summed E-state index contributed by atoms with van der Waals surface area (Å²) in [4.78, 5) is 12.9. The summed E-state index contributed by atoms with van der Waals surface area (Å²) in [6.45, 7) is 3.74. The summed E-state index contributed by atoms with van der Waals surface area (Å²) in [7, 11) is 0. The van der Waals surface area contributed by atoms with E-state index >= 15 is 0 Å². The molecule has 0 spiro atoms. The van der Waals surface area contributed by atoms with Gasteiger partial charge in [-0.2, -0.15) is 11.8 Å². The van der Waals surface area contributed by atoms with Gasteiger partial charge in [0.15, 0.2) is 0 Å². The van der Waals surface area contributed by atoms with Crippen LogP contribution in [0.15, 0.2) is 12.1 Å². The minimum atomic E-state index is -1.30. The Morgan fingerprint density at radius 3 is 3.00 bits per heavy atom. The zero-order chi connectivity index (χ0) is 14.0. The Hall–Kier alpha value is -1.43. The van der Waals surface area contributed by atoms with Gasteiger partial charge in [0.25, 0.3) is 0 Å². The van der Waals surface area contributed by atoms with Crippen molar-refractivity contribution in [3.63, 3.8) is 0 Å². The molecule has 1 heterocycles. The fraction of sp³-hybridized carbons (Fsp3) is 0.462. The molecule has 1 atom stereocenters. The van der Waals surface area contributed by atoms with E-state index < -0.39 is 11.8 Å². The summed E-state index contributed by atoms with van der Waals surface area (Å²) in [6.07, 6.45) is 1.05. The largest absolute Gasteiger partial charge is 0.478 e. The van der Waals surface area contributed by atoms with Crippen molar-refractivity contribution < 1.29 is 14.3 Å². The summed E-state index contributed by atoms with van der Waals surface area (Å²) < 4.78 is 13.7. The summed E-state index contributed by atoms with van der Waals surface area (Å²) in [5.74, 6) is -1.06. The van der Waals surface area contributed by atoms with Gasteiger partial charge >= 0.3 is 5.97 Å². The van der Waals surface area contributed by atoms with Gasteiger partial charge in [0.1, 0.15) is 5.82 Å². The number of nitrogen functional groups attached to an aromatic ring is 1. The van der Waals surface area contributed by atoms with E-state index in [9.17, 15) is 9.18 Å². The molecule has 1 unspecified atom stereocenters. The number of hydrogen-bond acceptors (Lipinski definition) is 4. The van der Waals surface area contributed by atoms with E-state index in [0.29, 0.717) is 16.6 Å². The molecule has 0 saturated carbocycles. The van der Waals surface area contributed by atoms with E-state index in [1.165, 1.54) is 12.1 Å². The fourth-order valence-electron chi connectivity index (χ4n) is 2.20. The molecule has 1 fully saturated rings. The molecule has 4 nitrogen and oxygen atoms in total. The number of aromatic carboxylic acids is 1. The first-order chi connectivity index (χ1) is 9.02. The molecule has 1 aromatic carbocycles. The summed E-state index contributed by atoms with van der Waals surface area (Å²) >= 11 is 1.91. The van der Waals surface area contributed by atoms with Crippen molar-refractivity contribution in [2.45, 2.75) is 18.6 Å². The lowest BCUT2D eigenvalue weighted by Gasteiger charge is -2.34. The normalized spacial score (nSPS) is 19.5. The molecule has 3 N–H and O–H groups in total. The molecule has 104 valence electrons. The highest BCUT2D eigenvalue weighted by molar-refractivity contribution is 8.00. The van der Waals surface area contributed by atoms with Crippen molar-refractivity contribution in [1.82, 2.24) is 0 Å². The number of nitrogens with zero attached hydrogens (tertiary/aromatic N) is 1. The van der Waals surface area contributed by atoms with Gasteiger partial charge in [-0.1, -0.05) is 6.92 Å². The van der Waals surface area contributed by atoms with Crippen molar-refractivity contribution in [3.8, 4) is 0 Å². The number of halogens is 1. The number of carboxylic acids is 1. The molecule has 0 bridgehead atoms. The first kappa shape index (κ1) is 14.0. The van der Waals surface area contributed by atoms with Gasteiger partial charge in [0.2, 0.25) is 0 Å². The third-order valence-electron chi connectivity index (χ3n) is 3.28. The Morgan fingerprint density at radius 1 is 1.63 bits per heavy atom. The maximum atomic E-state index is 13.7. The smallest absolute Gasteiger partial charge is 0.338 e. The first-order valence-corrected chi connectivity index (χ1v) is 7.26.